The first-order valence-corrected chi connectivity index (χ1v) is 4.18. The summed E-state index contributed by atoms with van der Waals surface area (Å²) in [6.45, 7) is 0. The molecular weight excluding hydrogens is 156 g/mol. The van der Waals surface area contributed by atoms with Crippen molar-refractivity contribution in [3.05, 3.63) is 12.2 Å². The Labute approximate surface area is 70.4 Å². The predicted molar refractivity (Wildman–Crippen MR) is 41.4 cm³/mol. The van der Waals surface area contributed by atoms with E-state index in [1.807, 2.05) is 12.2 Å². The van der Waals surface area contributed by atoms with Crippen LogP contribution in [0.5, 0.6) is 0 Å². The highest BCUT2D eigenvalue weighted by Crippen LogP contribution is 2.28. The molecular formula is C9H10O3. The van der Waals surface area contributed by atoms with Gasteiger partial charge in [-0.05, 0) is 18.9 Å². The molecule has 3 heteroatoms. The third-order valence-corrected chi connectivity index (χ3v) is 2.41. The van der Waals surface area contributed by atoms with Crippen LogP contribution < -0.4 is 0 Å². The van der Waals surface area contributed by atoms with Crippen LogP contribution in [-0.4, -0.2) is 17.9 Å². The standard InChI is InChI=1S/C9H10O3/c10-7-5-6-3-1-2-4-8(6)12-9(7)11/h2,4,6,8H,1,3,5H2. The maximum absolute atomic E-state index is 11.0. The van der Waals surface area contributed by atoms with Gasteiger partial charge in [0.15, 0.2) is 0 Å². The molecule has 2 unspecified atom stereocenters. The van der Waals surface area contributed by atoms with E-state index in [2.05, 4.69) is 0 Å². The second kappa shape index (κ2) is 2.73. The molecule has 2 aliphatic rings. The lowest BCUT2D eigenvalue weighted by Crippen LogP contribution is -2.38. The molecule has 0 bridgehead atoms. The zero-order valence-corrected chi connectivity index (χ0v) is 6.66. The van der Waals surface area contributed by atoms with Crippen molar-refractivity contribution in [3.63, 3.8) is 0 Å². The average molecular weight is 166 g/mol. The fraction of sp³-hybridized carbons (Fsp3) is 0.556. The number of Topliss-reactive ketones (excluding diaryl/α,β-unsaturated/α-hetero) is 1. The number of allylic oxidation sites excluding steroid dienone is 1. The second-order valence-corrected chi connectivity index (χ2v) is 3.26. The Morgan fingerprint density at radius 3 is 3.08 bits per heavy atom. The van der Waals surface area contributed by atoms with Gasteiger partial charge in [-0.15, -0.1) is 0 Å². The lowest BCUT2D eigenvalue weighted by atomic mass is 9.85. The van der Waals surface area contributed by atoms with Crippen LogP contribution in [-0.2, 0) is 14.3 Å². The Bertz CT molecular complexity index is 254. The Morgan fingerprint density at radius 2 is 2.25 bits per heavy atom. The van der Waals surface area contributed by atoms with E-state index in [1.54, 1.807) is 0 Å². The summed E-state index contributed by atoms with van der Waals surface area (Å²) in [5.41, 5.74) is 0. The summed E-state index contributed by atoms with van der Waals surface area (Å²) in [4.78, 5) is 21.8. The molecule has 0 spiro atoms. The number of fused-ring (bicyclic) bond motifs is 1. The monoisotopic (exact) mass is 166 g/mol. The molecule has 64 valence electrons. The van der Waals surface area contributed by atoms with Crippen LogP contribution in [0, 0.1) is 5.92 Å². The lowest BCUT2D eigenvalue weighted by molar-refractivity contribution is -0.164. The number of ketones is 1. The summed E-state index contributed by atoms with van der Waals surface area (Å²) < 4.78 is 4.93. The van der Waals surface area contributed by atoms with E-state index >= 15 is 0 Å². The number of carbonyl (C=O) groups excluding carboxylic acids is 2. The van der Waals surface area contributed by atoms with Gasteiger partial charge in [-0.25, -0.2) is 4.79 Å². The highest BCUT2D eigenvalue weighted by molar-refractivity contribution is 6.34. The molecule has 0 saturated carbocycles. The molecule has 12 heavy (non-hydrogen) atoms. The summed E-state index contributed by atoms with van der Waals surface area (Å²) in [6, 6.07) is 0. The van der Waals surface area contributed by atoms with Crippen molar-refractivity contribution >= 4 is 11.8 Å². The molecule has 1 aliphatic carbocycles. The van der Waals surface area contributed by atoms with Crippen molar-refractivity contribution in [2.75, 3.05) is 0 Å². The second-order valence-electron chi connectivity index (χ2n) is 3.26. The number of esters is 1. The van der Waals surface area contributed by atoms with E-state index in [-0.39, 0.29) is 17.8 Å². The minimum Gasteiger partial charge on any atom is -0.452 e. The van der Waals surface area contributed by atoms with E-state index in [0.717, 1.165) is 12.8 Å². The number of hydrogen-bond donors (Lipinski definition) is 0. The van der Waals surface area contributed by atoms with Gasteiger partial charge in [-0.2, -0.15) is 0 Å². The summed E-state index contributed by atoms with van der Waals surface area (Å²) in [5, 5.41) is 0. The topological polar surface area (TPSA) is 43.4 Å². The summed E-state index contributed by atoms with van der Waals surface area (Å²) in [6.07, 6.45) is 6.08. The van der Waals surface area contributed by atoms with Crippen LogP contribution in [0.1, 0.15) is 19.3 Å². The SMILES string of the molecule is O=C1CC2CCC=CC2OC1=O. The molecule has 3 nitrogen and oxygen atoms in total. The number of carbonyl (C=O) groups is 2. The minimum atomic E-state index is -0.664. The van der Waals surface area contributed by atoms with Crippen molar-refractivity contribution < 1.29 is 14.3 Å². The molecule has 1 fully saturated rings. The first-order chi connectivity index (χ1) is 5.77. The van der Waals surface area contributed by atoms with Crippen LogP contribution in [0.15, 0.2) is 12.2 Å². The molecule has 0 radical (unpaired) electrons. The van der Waals surface area contributed by atoms with Crippen molar-refractivity contribution in [1.82, 2.24) is 0 Å². The van der Waals surface area contributed by atoms with E-state index in [0.29, 0.717) is 6.42 Å². The fourth-order valence-corrected chi connectivity index (χ4v) is 1.73. The van der Waals surface area contributed by atoms with Gasteiger partial charge in [0.25, 0.3) is 0 Å². The molecule has 0 aromatic carbocycles. The lowest BCUT2D eigenvalue weighted by Gasteiger charge is -2.30. The third kappa shape index (κ3) is 1.15. The molecule has 0 N–H and O–H groups in total. The molecule has 0 aromatic rings. The van der Waals surface area contributed by atoms with Gasteiger partial charge in [0.2, 0.25) is 5.78 Å². The van der Waals surface area contributed by atoms with Crippen LogP contribution in [0.25, 0.3) is 0 Å². The number of rotatable bonds is 0. The average Bonchev–Trinajstić information content (AvgIpc) is 2.07. The molecule has 2 rings (SSSR count). The first-order valence-electron chi connectivity index (χ1n) is 4.18. The van der Waals surface area contributed by atoms with Crippen molar-refractivity contribution in [1.29, 1.82) is 0 Å². The van der Waals surface area contributed by atoms with Gasteiger partial charge in [0, 0.05) is 12.3 Å². The van der Waals surface area contributed by atoms with Crippen LogP contribution in [0.4, 0.5) is 0 Å². The van der Waals surface area contributed by atoms with Crippen LogP contribution in [0.3, 0.4) is 0 Å². The Kier molecular flexibility index (Phi) is 1.71. The van der Waals surface area contributed by atoms with Crippen LogP contribution in [0.2, 0.25) is 0 Å². The Balaban J connectivity index is 2.16. The predicted octanol–water partition coefficient (Wildman–Crippen LogP) is 0.837. The fourth-order valence-electron chi connectivity index (χ4n) is 1.73. The van der Waals surface area contributed by atoms with Gasteiger partial charge in [-0.3, -0.25) is 4.79 Å². The van der Waals surface area contributed by atoms with E-state index < -0.39 is 5.97 Å². The third-order valence-electron chi connectivity index (χ3n) is 2.41. The summed E-state index contributed by atoms with van der Waals surface area (Å²) in [5.74, 6) is -0.797. The molecule has 1 heterocycles. The van der Waals surface area contributed by atoms with Crippen molar-refractivity contribution in [2.45, 2.75) is 25.4 Å². The zero-order valence-electron chi connectivity index (χ0n) is 6.66. The highest BCUT2D eigenvalue weighted by atomic mass is 16.5. The molecule has 1 saturated heterocycles. The molecule has 0 amide bonds. The van der Waals surface area contributed by atoms with Gasteiger partial charge in [0.05, 0.1) is 0 Å². The van der Waals surface area contributed by atoms with Gasteiger partial charge in [0.1, 0.15) is 6.10 Å². The maximum atomic E-state index is 11.0. The summed E-state index contributed by atoms with van der Waals surface area (Å²) in [7, 11) is 0. The normalized spacial score (nSPS) is 34.3. The van der Waals surface area contributed by atoms with Gasteiger partial charge in [-0.1, -0.05) is 6.08 Å². The Hall–Kier alpha value is -1.12. The highest BCUT2D eigenvalue weighted by Gasteiger charge is 2.35. The minimum absolute atomic E-state index is 0.135. The van der Waals surface area contributed by atoms with E-state index in [1.165, 1.54) is 0 Å². The maximum Gasteiger partial charge on any atom is 0.375 e. The molecule has 2 atom stereocenters. The smallest absolute Gasteiger partial charge is 0.375 e. The number of hydrogen-bond acceptors (Lipinski definition) is 3. The van der Waals surface area contributed by atoms with Crippen molar-refractivity contribution in [3.8, 4) is 0 Å². The largest absolute Gasteiger partial charge is 0.452 e. The van der Waals surface area contributed by atoms with E-state index in [9.17, 15) is 9.59 Å². The van der Waals surface area contributed by atoms with Crippen molar-refractivity contribution in [2.24, 2.45) is 5.92 Å². The molecule has 0 aromatic heterocycles. The quantitative estimate of drug-likeness (QED) is 0.304. The number of ether oxygens (including phenoxy) is 1. The molecule has 1 aliphatic heterocycles. The summed E-state index contributed by atoms with van der Waals surface area (Å²) >= 11 is 0. The zero-order chi connectivity index (χ0) is 8.55. The van der Waals surface area contributed by atoms with Crippen LogP contribution >= 0.6 is 0 Å². The van der Waals surface area contributed by atoms with Gasteiger partial charge < -0.3 is 4.74 Å². The van der Waals surface area contributed by atoms with Gasteiger partial charge >= 0.3 is 5.97 Å². The van der Waals surface area contributed by atoms with E-state index in [4.69, 9.17) is 4.74 Å². The first kappa shape index (κ1) is 7.53. The Morgan fingerprint density at radius 1 is 1.42 bits per heavy atom.